The van der Waals surface area contributed by atoms with E-state index in [1.54, 1.807) is 12.2 Å². The highest BCUT2D eigenvalue weighted by molar-refractivity contribution is 8.77. The minimum Gasteiger partial charge on any atom is -0.462 e. The number of esters is 2. The molecule has 0 saturated heterocycles. The first-order valence-electron chi connectivity index (χ1n) is 17.3. The van der Waals surface area contributed by atoms with Crippen LogP contribution in [0.3, 0.4) is 0 Å². The molecular formula is C33H46N2O13S4. The Bertz CT molecular complexity index is 1420. The van der Waals surface area contributed by atoms with Gasteiger partial charge in [-0.3, -0.25) is 19.2 Å². The maximum absolute atomic E-state index is 13.8. The summed E-state index contributed by atoms with van der Waals surface area (Å²) in [5.41, 5.74) is -2.30. The van der Waals surface area contributed by atoms with Crippen LogP contribution in [0.15, 0.2) is 23.8 Å². The molecule has 1 N–H and O–H groups in total. The van der Waals surface area contributed by atoms with Crippen molar-refractivity contribution in [3.05, 3.63) is 44.0 Å². The Balaban J connectivity index is 1.37. The number of rotatable bonds is 22. The lowest BCUT2D eigenvalue weighted by Crippen LogP contribution is -2.62. The Morgan fingerprint density at radius 1 is 0.923 bits per heavy atom. The number of aliphatic hydroxyl groups is 1. The topological polar surface area (TPSA) is 212 Å². The van der Waals surface area contributed by atoms with E-state index in [9.17, 15) is 44.5 Å². The molecule has 0 aromatic rings. The average molecular weight is 807 g/mol. The third-order valence-corrected chi connectivity index (χ3v) is 15.8. The minimum absolute atomic E-state index is 0.00394. The first kappa shape index (κ1) is 42.3. The van der Waals surface area contributed by atoms with Gasteiger partial charge >= 0.3 is 11.9 Å². The Morgan fingerprint density at radius 3 is 2.13 bits per heavy atom. The monoisotopic (exact) mass is 806 g/mol. The van der Waals surface area contributed by atoms with E-state index in [2.05, 4.69) is 16.6 Å². The summed E-state index contributed by atoms with van der Waals surface area (Å²) in [6.45, 7) is 3.35. The molecule has 3 fully saturated rings. The van der Waals surface area contributed by atoms with Crippen molar-refractivity contribution in [2.45, 2.75) is 83.3 Å². The van der Waals surface area contributed by atoms with Gasteiger partial charge in [0.1, 0.15) is 24.9 Å². The van der Waals surface area contributed by atoms with Crippen LogP contribution >= 0.6 is 43.2 Å². The third-order valence-electron chi connectivity index (χ3n) is 10.8. The number of ketones is 2. The second-order valence-corrected chi connectivity index (χ2v) is 19.2. The van der Waals surface area contributed by atoms with Gasteiger partial charge < -0.3 is 24.3 Å². The average Bonchev–Trinajstić information content (AvgIpc) is 3.36. The van der Waals surface area contributed by atoms with Gasteiger partial charge in [-0.2, -0.15) is 0 Å². The summed E-state index contributed by atoms with van der Waals surface area (Å²) in [6.07, 6.45) is 8.15. The maximum Gasteiger partial charge on any atom is 0.306 e. The molecular weight excluding hydrogens is 761 g/mol. The lowest BCUT2D eigenvalue weighted by Gasteiger charge is -2.60. The largest absolute Gasteiger partial charge is 0.462 e. The second-order valence-electron chi connectivity index (χ2n) is 13.8. The number of ether oxygens (including phenoxy) is 2. The van der Waals surface area contributed by atoms with E-state index < -0.39 is 57.0 Å². The zero-order valence-electron chi connectivity index (χ0n) is 29.2. The van der Waals surface area contributed by atoms with Crippen molar-refractivity contribution in [1.29, 1.82) is 0 Å². The first-order valence-corrected chi connectivity index (χ1v) is 22.3. The Hall–Kier alpha value is -2.48. The number of fused-ring (bicyclic) bond motifs is 5. The van der Waals surface area contributed by atoms with Gasteiger partial charge in [0.2, 0.25) is 5.78 Å². The van der Waals surface area contributed by atoms with Gasteiger partial charge in [0.25, 0.3) is 10.2 Å². The molecule has 0 unspecified atom stereocenters. The minimum atomic E-state index is -1.80. The zero-order chi connectivity index (χ0) is 37.9. The van der Waals surface area contributed by atoms with Crippen LogP contribution in [0.5, 0.6) is 0 Å². The van der Waals surface area contributed by atoms with Crippen molar-refractivity contribution in [2.75, 3.05) is 42.8 Å². The van der Waals surface area contributed by atoms with Gasteiger partial charge in [0.05, 0.1) is 0 Å². The molecule has 0 heterocycles. The lowest BCUT2D eigenvalue weighted by atomic mass is 9.46. The molecule has 7 atom stereocenters. The number of Topliss-reactive ketones (excluding diaryl/α,β-unsaturated/α-hetero) is 1. The number of nitrogens with zero attached hydrogens (tertiary/aromatic N) is 2. The van der Waals surface area contributed by atoms with E-state index in [-0.39, 0.29) is 62.4 Å². The molecule has 0 bridgehead atoms. The van der Waals surface area contributed by atoms with Crippen molar-refractivity contribution >= 4 is 66.7 Å². The molecule has 3 saturated carbocycles. The van der Waals surface area contributed by atoms with Gasteiger partial charge in [0, 0.05) is 52.6 Å². The number of carbonyl (C=O) groups is 4. The number of hydrogen-bond acceptors (Lipinski definition) is 17. The SMILES string of the molecule is C[C@]12C=CC(=O)C=C1CC[C@@H]1[C@@H]2[C@@H](OC(=O)CCCSSCCO[N+](=O)[O-])C[C@@]2(C)[C@H]1CC[C@]2(O)C(=O)COC(=O)CCCSSCCO[N+](=O)[O-]. The fourth-order valence-corrected chi connectivity index (χ4v) is 12.3. The summed E-state index contributed by atoms with van der Waals surface area (Å²) in [5.74, 6) is 0.214. The van der Waals surface area contributed by atoms with Gasteiger partial charge in [-0.25, -0.2) is 0 Å². The summed E-state index contributed by atoms with van der Waals surface area (Å²) in [6, 6.07) is 0. The van der Waals surface area contributed by atoms with Crippen molar-refractivity contribution in [2.24, 2.45) is 28.6 Å². The van der Waals surface area contributed by atoms with Crippen LogP contribution in [0.25, 0.3) is 0 Å². The Morgan fingerprint density at radius 2 is 1.52 bits per heavy atom. The van der Waals surface area contributed by atoms with Crippen LogP contribution in [0.2, 0.25) is 0 Å². The summed E-state index contributed by atoms with van der Waals surface area (Å²) < 4.78 is 11.6. The molecule has 0 amide bonds. The van der Waals surface area contributed by atoms with E-state index >= 15 is 0 Å². The maximum atomic E-state index is 13.8. The van der Waals surface area contributed by atoms with Gasteiger partial charge in [0.15, 0.2) is 12.4 Å². The summed E-state index contributed by atoms with van der Waals surface area (Å²) in [7, 11) is 5.73. The molecule has 0 radical (unpaired) electrons. The molecule has 15 nitrogen and oxygen atoms in total. The molecule has 0 spiro atoms. The van der Waals surface area contributed by atoms with Crippen molar-refractivity contribution in [1.82, 2.24) is 0 Å². The van der Waals surface area contributed by atoms with E-state index in [0.29, 0.717) is 55.1 Å². The summed E-state index contributed by atoms with van der Waals surface area (Å²) >= 11 is 0. The van der Waals surface area contributed by atoms with Crippen LogP contribution < -0.4 is 0 Å². The molecule has 52 heavy (non-hydrogen) atoms. The molecule has 0 aromatic heterocycles. The van der Waals surface area contributed by atoms with Crippen molar-refractivity contribution in [3.8, 4) is 0 Å². The zero-order valence-corrected chi connectivity index (χ0v) is 32.5. The quantitative estimate of drug-likeness (QED) is 0.0477. The highest BCUT2D eigenvalue weighted by atomic mass is 33.1. The first-order chi connectivity index (χ1) is 24.7. The van der Waals surface area contributed by atoms with Crippen LogP contribution in [0, 0.1) is 48.8 Å². The molecule has 0 aliphatic heterocycles. The van der Waals surface area contributed by atoms with Crippen LogP contribution in [-0.2, 0) is 38.3 Å². The van der Waals surface area contributed by atoms with Crippen molar-refractivity contribution < 1.29 is 53.6 Å². The van der Waals surface area contributed by atoms with Crippen LogP contribution in [0.4, 0.5) is 0 Å². The van der Waals surface area contributed by atoms with Gasteiger partial charge in [-0.05, 0) is 68.9 Å². The van der Waals surface area contributed by atoms with Gasteiger partial charge in [-0.1, -0.05) is 68.7 Å². The molecule has 4 rings (SSSR count). The summed E-state index contributed by atoms with van der Waals surface area (Å²) in [5, 5.41) is 31.0. The Labute approximate surface area is 317 Å². The summed E-state index contributed by atoms with van der Waals surface area (Å²) in [4.78, 5) is 81.0. The highest BCUT2D eigenvalue weighted by Crippen LogP contribution is 2.67. The fraction of sp³-hybridized carbons (Fsp3) is 0.758. The van der Waals surface area contributed by atoms with E-state index in [4.69, 9.17) is 9.47 Å². The third kappa shape index (κ3) is 10.4. The predicted octanol–water partition coefficient (Wildman–Crippen LogP) is 5.40. The fourth-order valence-electron chi connectivity index (χ4n) is 8.51. The van der Waals surface area contributed by atoms with E-state index in [0.717, 1.165) is 5.57 Å². The standard InChI is InChI=1S/C33H46N2O13S4/c1-31-11-9-23(36)19-22(31)7-8-24-25-10-12-33(40,27(37)21-45-28(38)5-3-15-49-51-17-13-46-34(41)42)32(25,2)20-26(30(24)31)48-29(39)6-4-16-50-52-18-14-47-35(43)44/h9,11,19,24-26,30,40H,3-8,10,12-18,20-21H2,1-2H3/t24-,25-,26-,30+,31-,32-,33-/m0/s1. The van der Waals surface area contributed by atoms with E-state index in [1.807, 2.05) is 13.0 Å². The van der Waals surface area contributed by atoms with Crippen LogP contribution in [0.1, 0.15) is 71.6 Å². The van der Waals surface area contributed by atoms with E-state index in [1.165, 1.54) is 43.2 Å². The molecule has 4 aliphatic carbocycles. The lowest BCUT2D eigenvalue weighted by molar-refractivity contribution is -0.756. The predicted molar refractivity (Wildman–Crippen MR) is 197 cm³/mol. The molecule has 4 aliphatic rings. The normalized spacial score (nSPS) is 30.3. The van der Waals surface area contributed by atoms with Crippen LogP contribution in [-0.4, -0.2) is 93.3 Å². The Kier molecular flexibility index (Phi) is 15.6. The molecule has 0 aromatic carbocycles. The van der Waals surface area contributed by atoms with Gasteiger partial charge in [-0.15, -0.1) is 20.2 Å². The number of allylic oxidation sites excluding steroid dienone is 4. The number of hydrogen-bond donors (Lipinski definition) is 1. The molecule has 290 valence electrons. The smallest absolute Gasteiger partial charge is 0.306 e. The highest BCUT2D eigenvalue weighted by Gasteiger charge is 2.69. The number of carbonyl (C=O) groups excluding carboxylic acids is 4. The molecule has 19 heteroatoms. The second kappa shape index (κ2) is 19.2. The van der Waals surface area contributed by atoms with Crippen molar-refractivity contribution in [3.63, 3.8) is 0 Å².